The summed E-state index contributed by atoms with van der Waals surface area (Å²) in [6.45, 7) is 1.90. The fourth-order valence-electron chi connectivity index (χ4n) is 3.10. The van der Waals surface area contributed by atoms with Gasteiger partial charge in [0.05, 0.1) is 4.90 Å². The van der Waals surface area contributed by atoms with E-state index >= 15 is 0 Å². The van der Waals surface area contributed by atoms with Gasteiger partial charge in [0.25, 0.3) is 0 Å². The highest BCUT2D eigenvalue weighted by Crippen LogP contribution is 2.26. The van der Waals surface area contributed by atoms with Crippen molar-refractivity contribution in [2.24, 2.45) is 5.92 Å². The van der Waals surface area contributed by atoms with Crippen LogP contribution in [-0.4, -0.2) is 31.7 Å². The van der Waals surface area contributed by atoms with E-state index in [1.165, 1.54) is 41.6 Å². The molecule has 0 aliphatic carbocycles. The number of aryl methyl sites for hydroxylation is 1. The lowest BCUT2D eigenvalue weighted by molar-refractivity contribution is -0.120. The van der Waals surface area contributed by atoms with Crippen molar-refractivity contribution in [3.63, 3.8) is 0 Å². The molecule has 5 nitrogen and oxygen atoms in total. The van der Waals surface area contributed by atoms with Gasteiger partial charge in [-0.15, -0.1) is 0 Å². The van der Waals surface area contributed by atoms with E-state index in [9.17, 15) is 22.0 Å². The third kappa shape index (κ3) is 4.33. The van der Waals surface area contributed by atoms with Crippen molar-refractivity contribution in [3.8, 4) is 0 Å². The molecular weight excluding hydrogens is 374 g/mol. The molecule has 1 N–H and O–H groups in total. The second-order valence-electron chi connectivity index (χ2n) is 6.59. The van der Waals surface area contributed by atoms with Crippen LogP contribution < -0.4 is 5.32 Å². The highest BCUT2D eigenvalue weighted by molar-refractivity contribution is 7.89. The fourth-order valence-corrected chi connectivity index (χ4v) is 4.65. The van der Waals surface area contributed by atoms with Crippen molar-refractivity contribution in [1.29, 1.82) is 0 Å². The number of carbonyl (C=O) groups excluding carboxylic acids is 1. The van der Waals surface area contributed by atoms with Crippen LogP contribution in [-0.2, 0) is 14.8 Å². The molecule has 0 aromatic heterocycles. The smallest absolute Gasteiger partial charge is 0.243 e. The average molecular weight is 394 g/mol. The molecule has 0 bridgehead atoms. The van der Waals surface area contributed by atoms with Crippen LogP contribution in [0.25, 0.3) is 0 Å². The summed E-state index contributed by atoms with van der Waals surface area (Å²) in [5.41, 5.74) is 0.636. The number of hydrogen-bond donors (Lipinski definition) is 1. The van der Waals surface area contributed by atoms with Crippen LogP contribution in [0.1, 0.15) is 18.4 Å². The molecular formula is C19H20F2N2O3S. The molecule has 0 radical (unpaired) electrons. The van der Waals surface area contributed by atoms with Crippen LogP contribution in [0.2, 0.25) is 0 Å². The standard InChI is InChI=1S/C19H20F2N2O3S/c1-13-11-17(5-6-18(13)21)27(25,26)23-9-7-14(8-10-23)19(24)22-16-4-2-3-15(20)12-16/h2-6,11-12,14H,7-10H2,1H3,(H,22,24). The Kier molecular flexibility index (Phi) is 5.57. The minimum Gasteiger partial charge on any atom is -0.326 e. The minimum absolute atomic E-state index is 0.0454. The molecule has 27 heavy (non-hydrogen) atoms. The van der Waals surface area contributed by atoms with Gasteiger partial charge in [-0.2, -0.15) is 4.31 Å². The van der Waals surface area contributed by atoms with Gasteiger partial charge in [-0.25, -0.2) is 17.2 Å². The van der Waals surface area contributed by atoms with E-state index in [-0.39, 0.29) is 35.4 Å². The topological polar surface area (TPSA) is 66.5 Å². The van der Waals surface area contributed by atoms with Crippen LogP contribution in [0.5, 0.6) is 0 Å². The number of sulfonamides is 1. The number of nitrogens with zero attached hydrogens (tertiary/aromatic N) is 1. The lowest BCUT2D eigenvalue weighted by Crippen LogP contribution is -2.41. The first-order valence-electron chi connectivity index (χ1n) is 8.60. The molecule has 0 saturated carbocycles. The van der Waals surface area contributed by atoms with Gasteiger partial charge in [0.15, 0.2) is 0 Å². The number of piperidine rings is 1. The van der Waals surface area contributed by atoms with Gasteiger partial charge in [-0.05, 0) is 61.7 Å². The Morgan fingerprint density at radius 2 is 1.81 bits per heavy atom. The molecule has 1 aliphatic heterocycles. The highest BCUT2D eigenvalue weighted by Gasteiger charge is 2.32. The van der Waals surface area contributed by atoms with E-state index in [0.717, 1.165) is 6.07 Å². The van der Waals surface area contributed by atoms with Crippen molar-refractivity contribution in [3.05, 3.63) is 59.7 Å². The zero-order valence-electron chi connectivity index (χ0n) is 14.8. The number of anilines is 1. The molecule has 0 unspecified atom stereocenters. The van der Waals surface area contributed by atoms with Crippen molar-refractivity contribution in [2.45, 2.75) is 24.7 Å². The number of benzene rings is 2. The summed E-state index contributed by atoms with van der Waals surface area (Å²) < 4.78 is 53.4. The predicted octanol–water partition coefficient (Wildman–Crippen LogP) is 3.31. The summed E-state index contributed by atoms with van der Waals surface area (Å²) in [7, 11) is -3.73. The largest absolute Gasteiger partial charge is 0.326 e. The number of halogens is 2. The molecule has 0 spiro atoms. The molecule has 1 amide bonds. The lowest BCUT2D eigenvalue weighted by Gasteiger charge is -2.30. The summed E-state index contributed by atoms with van der Waals surface area (Å²) in [5.74, 6) is -1.50. The zero-order chi connectivity index (χ0) is 19.6. The fraction of sp³-hybridized carbons (Fsp3) is 0.316. The Bertz CT molecular complexity index is 955. The summed E-state index contributed by atoms with van der Waals surface area (Å²) in [6.07, 6.45) is 0.723. The summed E-state index contributed by atoms with van der Waals surface area (Å²) in [6, 6.07) is 9.32. The first-order chi connectivity index (χ1) is 12.8. The first-order valence-corrected chi connectivity index (χ1v) is 10.0. The zero-order valence-corrected chi connectivity index (χ0v) is 15.6. The van der Waals surface area contributed by atoms with Crippen molar-refractivity contribution < 1.29 is 22.0 Å². The van der Waals surface area contributed by atoms with Crippen molar-refractivity contribution in [2.75, 3.05) is 18.4 Å². The third-order valence-electron chi connectivity index (χ3n) is 4.68. The first kappa shape index (κ1) is 19.4. The number of amides is 1. The molecule has 2 aromatic rings. The van der Waals surface area contributed by atoms with Crippen LogP contribution in [0.15, 0.2) is 47.4 Å². The maximum Gasteiger partial charge on any atom is 0.243 e. The van der Waals surface area contributed by atoms with Crippen LogP contribution in [0.4, 0.5) is 14.5 Å². The monoisotopic (exact) mass is 394 g/mol. The molecule has 1 saturated heterocycles. The molecule has 144 valence electrons. The van der Waals surface area contributed by atoms with E-state index in [1.54, 1.807) is 6.07 Å². The van der Waals surface area contributed by atoms with Gasteiger partial charge >= 0.3 is 0 Å². The van der Waals surface area contributed by atoms with Crippen LogP contribution >= 0.6 is 0 Å². The molecule has 0 atom stereocenters. The van der Waals surface area contributed by atoms with Crippen molar-refractivity contribution >= 4 is 21.6 Å². The minimum atomic E-state index is -3.73. The van der Waals surface area contributed by atoms with Gasteiger partial charge in [0, 0.05) is 24.7 Å². The highest BCUT2D eigenvalue weighted by atomic mass is 32.2. The van der Waals surface area contributed by atoms with E-state index < -0.39 is 21.7 Å². The molecule has 2 aromatic carbocycles. The Balaban J connectivity index is 1.64. The summed E-state index contributed by atoms with van der Waals surface area (Å²) in [5, 5.41) is 2.66. The second kappa shape index (κ2) is 7.74. The normalized spacial score (nSPS) is 16.3. The van der Waals surface area contributed by atoms with E-state index in [2.05, 4.69) is 5.32 Å². The number of carbonyl (C=O) groups is 1. The second-order valence-corrected chi connectivity index (χ2v) is 8.53. The third-order valence-corrected chi connectivity index (χ3v) is 6.58. The van der Waals surface area contributed by atoms with E-state index in [4.69, 9.17) is 0 Å². The van der Waals surface area contributed by atoms with Crippen LogP contribution in [0, 0.1) is 24.5 Å². The lowest BCUT2D eigenvalue weighted by atomic mass is 9.97. The summed E-state index contributed by atoms with van der Waals surface area (Å²) >= 11 is 0. The number of hydrogen-bond acceptors (Lipinski definition) is 3. The quantitative estimate of drug-likeness (QED) is 0.865. The maximum absolute atomic E-state index is 13.4. The Hall–Kier alpha value is -2.32. The average Bonchev–Trinajstić information content (AvgIpc) is 2.64. The summed E-state index contributed by atoms with van der Waals surface area (Å²) in [4.78, 5) is 12.4. The molecule has 3 rings (SSSR count). The van der Waals surface area contributed by atoms with Crippen molar-refractivity contribution in [1.82, 2.24) is 4.31 Å². The number of rotatable bonds is 4. The van der Waals surface area contributed by atoms with Crippen LogP contribution in [0.3, 0.4) is 0 Å². The SMILES string of the molecule is Cc1cc(S(=O)(=O)N2CCC(C(=O)Nc3cccc(F)c3)CC2)ccc1F. The Labute approximate surface area is 157 Å². The maximum atomic E-state index is 13.4. The van der Waals surface area contributed by atoms with E-state index in [1.807, 2.05) is 0 Å². The van der Waals surface area contributed by atoms with Gasteiger partial charge in [-0.3, -0.25) is 4.79 Å². The van der Waals surface area contributed by atoms with Gasteiger partial charge in [0.2, 0.25) is 15.9 Å². The molecule has 1 heterocycles. The molecule has 8 heteroatoms. The van der Waals surface area contributed by atoms with Gasteiger partial charge < -0.3 is 5.32 Å². The Morgan fingerprint density at radius 3 is 2.44 bits per heavy atom. The van der Waals surface area contributed by atoms with Gasteiger partial charge in [-0.1, -0.05) is 6.07 Å². The predicted molar refractivity (Wildman–Crippen MR) is 97.6 cm³/mol. The van der Waals surface area contributed by atoms with E-state index in [0.29, 0.717) is 18.5 Å². The molecule has 1 fully saturated rings. The molecule has 1 aliphatic rings. The Morgan fingerprint density at radius 1 is 1.11 bits per heavy atom. The van der Waals surface area contributed by atoms with Gasteiger partial charge in [0.1, 0.15) is 11.6 Å². The number of nitrogens with one attached hydrogen (secondary N) is 1.